The third-order valence-electron chi connectivity index (χ3n) is 3.13. The largest absolute Gasteiger partial charge is 0.324 e. The maximum atomic E-state index is 12.1. The van der Waals surface area contributed by atoms with Gasteiger partial charge in [-0.15, -0.1) is 0 Å². The SMILES string of the molecule is CN(CC(=O)Nc1ccccc1C#N)Cc1ccccc1Cl. The molecule has 0 aliphatic heterocycles. The van der Waals surface area contributed by atoms with E-state index in [-0.39, 0.29) is 12.5 Å². The van der Waals surface area contributed by atoms with Gasteiger partial charge in [0.25, 0.3) is 0 Å². The molecule has 0 heterocycles. The van der Waals surface area contributed by atoms with Crippen molar-refractivity contribution < 1.29 is 4.79 Å². The highest BCUT2D eigenvalue weighted by molar-refractivity contribution is 6.31. The second-order valence-corrected chi connectivity index (χ2v) is 5.38. The summed E-state index contributed by atoms with van der Waals surface area (Å²) in [6.07, 6.45) is 0. The van der Waals surface area contributed by atoms with Gasteiger partial charge in [0.15, 0.2) is 0 Å². The van der Waals surface area contributed by atoms with Crippen molar-refractivity contribution in [3.8, 4) is 6.07 Å². The molecule has 0 spiro atoms. The van der Waals surface area contributed by atoms with Gasteiger partial charge in [0.05, 0.1) is 17.8 Å². The van der Waals surface area contributed by atoms with Crippen molar-refractivity contribution >= 4 is 23.2 Å². The van der Waals surface area contributed by atoms with Crippen LogP contribution in [0, 0.1) is 11.3 Å². The number of carbonyl (C=O) groups is 1. The maximum absolute atomic E-state index is 12.1. The number of benzene rings is 2. The molecule has 0 radical (unpaired) electrons. The lowest BCUT2D eigenvalue weighted by molar-refractivity contribution is -0.117. The van der Waals surface area contributed by atoms with Gasteiger partial charge in [-0.1, -0.05) is 41.9 Å². The average Bonchev–Trinajstić information content (AvgIpc) is 2.50. The molecular formula is C17H16ClN3O. The molecule has 0 aliphatic carbocycles. The predicted molar refractivity (Wildman–Crippen MR) is 87.6 cm³/mol. The van der Waals surface area contributed by atoms with Crippen LogP contribution in [0.5, 0.6) is 0 Å². The summed E-state index contributed by atoms with van der Waals surface area (Å²) in [4.78, 5) is 13.9. The van der Waals surface area contributed by atoms with Crippen molar-refractivity contribution in [1.82, 2.24) is 4.90 Å². The normalized spacial score (nSPS) is 10.3. The number of hydrogen-bond donors (Lipinski definition) is 1. The molecule has 0 aliphatic rings. The Morgan fingerprint density at radius 2 is 1.91 bits per heavy atom. The molecule has 2 rings (SSSR count). The zero-order valence-electron chi connectivity index (χ0n) is 12.2. The zero-order chi connectivity index (χ0) is 15.9. The highest BCUT2D eigenvalue weighted by atomic mass is 35.5. The molecule has 0 saturated heterocycles. The molecule has 0 bridgehead atoms. The molecule has 1 amide bonds. The Morgan fingerprint density at radius 3 is 2.64 bits per heavy atom. The van der Waals surface area contributed by atoms with Gasteiger partial charge in [-0.2, -0.15) is 5.26 Å². The molecule has 112 valence electrons. The van der Waals surface area contributed by atoms with Gasteiger partial charge in [0, 0.05) is 11.6 Å². The Morgan fingerprint density at radius 1 is 1.23 bits per heavy atom. The number of nitrogens with one attached hydrogen (secondary N) is 1. The summed E-state index contributed by atoms with van der Waals surface area (Å²) in [6.45, 7) is 0.790. The first kappa shape index (κ1) is 16.0. The molecule has 2 aromatic rings. The number of anilines is 1. The first-order chi connectivity index (χ1) is 10.6. The minimum Gasteiger partial charge on any atom is -0.324 e. The Balaban J connectivity index is 1.95. The number of rotatable bonds is 5. The fourth-order valence-electron chi connectivity index (χ4n) is 2.10. The minimum absolute atomic E-state index is 0.169. The molecule has 0 fully saturated rings. The molecule has 0 saturated carbocycles. The van der Waals surface area contributed by atoms with E-state index in [2.05, 4.69) is 11.4 Å². The Labute approximate surface area is 134 Å². The Bertz CT molecular complexity index is 709. The van der Waals surface area contributed by atoms with Crippen molar-refractivity contribution in [2.75, 3.05) is 18.9 Å². The summed E-state index contributed by atoms with van der Waals surface area (Å²) in [5, 5.41) is 12.5. The van der Waals surface area contributed by atoms with E-state index in [4.69, 9.17) is 16.9 Å². The number of para-hydroxylation sites is 1. The van der Waals surface area contributed by atoms with Gasteiger partial charge < -0.3 is 5.32 Å². The number of nitrogens with zero attached hydrogens (tertiary/aromatic N) is 2. The van der Waals surface area contributed by atoms with E-state index in [1.807, 2.05) is 36.2 Å². The Hall–Kier alpha value is -2.35. The predicted octanol–water partition coefficient (Wildman–Crippen LogP) is 3.28. The lowest BCUT2D eigenvalue weighted by Gasteiger charge is -2.17. The van der Waals surface area contributed by atoms with Crippen molar-refractivity contribution in [1.29, 1.82) is 5.26 Å². The average molecular weight is 314 g/mol. The number of nitriles is 1. The standard InChI is InChI=1S/C17H16ClN3O/c1-21(11-14-7-2-4-8-15(14)18)12-17(22)20-16-9-5-3-6-13(16)10-19/h2-9H,11-12H2,1H3,(H,20,22). The smallest absolute Gasteiger partial charge is 0.238 e. The van der Waals surface area contributed by atoms with E-state index < -0.39 is 0 Å². The number of halogens is 1. The van der Waals surface area contributed by atoms with E-state index in [1.54, 1.807) is 24.3 Å². The fraction of sp³-hybridized carbons (Fsp3) is 0.176. The minimum atomic E-state index is -0.169. The first-order valence-corrected chi connectivity index (χ1v) is 7.19. The van der Waals surface area contributed by atoms with Gasteiger partial charge in [-0.3, -0.25) is 9.69 Å². The number of carbonyl (C=O) groups excluding carboxylic acids is 1. The first-order valence-electron chi connectivity index (χ1n) is 6.81. The molecule has 0 unspecified atom stereocenters. The summed E-state index contributed by atoms with van der Waals surface area (Å²) in [6, 6.07) is 16.5. The third-order valence-corrected chi connectivity index (χ3v) is 3.50. The molecule has 1 N–H and O–H groups in total. The summed E-state index contributed by atoms with van der Waals surface area (Å²) in [5.74, 6) is -0.169. The van der Waals surface area contributed by atoms with Crippen LogP contribution in [0.2, 0.25) is 5.02 Å². The van der Waals surface area contributed by atoms with E-state index in [0.717, 1.165) is 5.56 Å². The van der Waals surface area contributed by atoms with Crippen molar-refractivity contribution in [3.05, 3.63) is 64.7 Å². The van der Waals surface area contributed by atoms with Crippen LogP contribution >= 0.6 is 11.6 Å². The highest BCUT2D eigenvalue weighted by Gasteiger charge is 2.10. The third kappa shape index (κ3) is 4.32. The maximum Gasteiger partial charge on any atom is 0.238 e. The lowest BCUT2D eigenvalue weighted by Crippen LogP contribution is -2.30. The van der Waals surface area contributed by atoms with Crippen molar-refractivity contribution in [2.45, 2.75) is 6.54 Å². The summed E-state index contributed by atoms with van der Waals surface area (Å²) in [5.41, 5.74) is 1.95. The number of hydrogen-bond acceptors (Lipinski definition) is 3. The second-order valence-electron chi connectivity index (χ2n) is 4.97. The lowest BCUT2D eigenvalue weighted by atomic mass is 10.2. The van der Waals surface area contributed by atoms with E-state index >= 15 is 0 Å². The van der Waals surface area contributed by atoms with Gasteiger partial charge in [-0.25, -0.2) is 0 Å². The molecule has 5 heteroatoms. The van der Waals surface area contributed by atoms with Crippen LogP contribution in [0.25, 0.3) is 0 Å². The van der Waals surface area contributed by atoms with E-state index in [0.29, 0.717) is 22.8 Å². The van der Waals surface area contributed by atoms with Crippen LogP contribution in [0.3, 0.4) is 0 Å². The summed E-state index contributed by atoms with van der Waals surface area (Å²) >= 11 is 6.11. The van der Waals surface area contributed by atoms with Crippen molar-refractivity contribution in [3.63, 3.8) is 0 Å². The van der Waals surface area contributed by atoms with Crippen LogP contribution in [0.4, 0.5) is 5.69 Å². The molecular weight excluding hydrogens is 298 g/mol. The van der Waals surface area contributed by atoms with Crippen LogP contribution < -0.4 is 5.32 Å². The molecule has 4 nitrogen and oxygen atoms in total. The second kappa shape index (κ2) is 7.60. The van der Waals surface area contributed by atoms with Gasteiger partial charge in [0.1, 0.15) is 6.07 Å². The zero-order valence-corrected chi connectivity index (χ0v) is 13.0. The highest BCUT2D eigenvalue weighted by Crippen LogP contribution is 2.17. The van der Waals surface area contributed by atoms with Gasteiger partial charge in [0.2, 0.25) is 5.91 Å². The van der Waals surface area contributed by atoms with E-state index in [9.17, 15) is 4.79 Å². The molecule has 2 aromatic carbocycles. The molecule has 22 heavy (non-hydrogen) atoms. The fourth-order valence-corrected chi connectivity index (χ4v) is 2.29. The van der Waals surface area contributed by atoms with Crippen LogP contribution in [0.15, 0.2) is 48.5 Å². The molecule has 0 aromatic heterocycles. The summed E-state index contributed by atoms with van der Waals surface area (Å²) < 4.78 is 0. The molecule has 0 atom stereocenters. The quantitative estimate of drug-likeness (QED) is 0.921. The number of amides is 1. The van der Waals surface area contributed by atoms with Crippen LogP contribution in [-0.2, 0) is 11.3 Å². The Kier molecular flexibility index (Phi) is 5.54. The van der Waals surface area contributed by atoms with Gasteiger partial charge in [-0.05, 0) is 30.8 Å². The van der Waals surface area contributed by atoms with Crippen LogP contribution in [-0.4, -0.2) is 24.4 Å². The van der Waals surface area contributed by atoms with Gasteiger partial charge >= 0.3 is 0 Å². The monoisotopic (exact) mass is 313 g/mol. The van der Waals surface area contributed by atoms with Crippen molar-refractivity contribution in [2.24, 2.45) is 0 Å². The number of likely N-dealkylation sites (N-methyl/N-ethyl adjacent to an activating group) is 1. The van der Waals surface area contributed by atoms with E-state index in [1.165, 1.54) is 0 Å². The van der Waals surface area contributed by atoms with Crippen LogP contribution in [0.1, 0.15) is 11.1 Å². The summed E-state index contributed by atoms with van der Waals surface area (Å²) in [7, 11) is 1.85. The topological polar surface area (TPSA) is 56.1 Å².